The number of hydrogen-bond acceptors (Lipinski definition) is 3. The van der Waals surface area contributed by atoms with E-state index in [2.05, 4.69) is 25.8 Å². The molecule has 2 nitrogen and oxygen atoms in total. The van der Waals surface area contributed by atoms with Crippen LogP contribution in [0.25, 0.3) is 0 Å². The van der Waals surface area contributed by atoms with Crippen LogP contribution in [0.15, 0.2) is 6.20 Å². The van der Waals surface area contributed by atoms with E-state index >= 15 is 0 Å². The van der Waals surface area contributed by atoms with Crippen molar-refractivity contribution in [3.8, 4) is 0 Å². The highest BCUT2D eigenvalue weighted by atomic mass is 32.1. The number of aliphatic hydroxyl groups is 1. The molecule has 0 aliphatic heterocycles. The maximum absolute atomic E-state index is 9.25. The molecule has 0 bridgehead atoms. The molecule has 0 saturated heterocycles. The summed E-state index contributed by atoms with van der Waals surface area (Å²) in [5.74, 6) is 0. The minimum atomic E-state index is -0.439. The van der Waals surface area contributed by atoms with Gasteiger partial charge in [-0.15, -0.1) is 11.3 Å². The van der Waals surface area contributed by atoms with Gasteiger partial charge < -0.3 is 5.11 Å². The smallest absolute Gasteiger partial charge is 0.121 e. The van der Waals surface area contributed by atoms with E-state index in [1.165, 1.54) is 4.88 Å². The molecule has 12 heavy (non-hydrogen) atoms. The molecule has 0 radical (unpaired) electrons. The zero-order valence-electron chi connectivity index (χ0n) is 7.96. The van der Waals surface area contributed by atoms with Crippen molar-refractivity contribution < 1.29 is 5.11 Å². The summed E-state index contributed by atoms with van der Waals surface area (Å²) in [5, 5.41) is 10.1. The Bertz CT molecular complexity index is 260. The lowest BCUT2D eigenvalue weighted by Crippen LogP contribution is -2.07. The average molecular weight is 185 g/mol. The maximum Gasteiger partial charge on any atom is 0.121 e. The Morgan fingerprint density at radius 1 is 1.50 bits per heavy atom. The highest BCUT2D eigenvalue weighted by Crippen LogP contribution is 2.29. The Hall–Kier alpha value is -0.410. The van der Waals surface area contributed by atoms with Gasteiger partial charge >= 0.3 is 0 Å². The SMILES string of the molecule is CC(O)c1ncc(C(C)(C)C)s1. The largest absolute Gasteiger partial charge is 0.386 e. The van der Waals surface area contributed by atoms with E-state index in [9.17, 15) is 5.11 Å². The van der Waals surface area contributed by atoms with Crippen LogP contribution in [-0.4, -0.2) is 10.1 Å². The number of rotatable bonds is 1. The summed E-state index contributed by atoms with van der Waals surface area (Å²) < 4.78 is 0. The molecule has 1 aromatic rings. The van der Waals surface area contributed by atoms with Crippen LogP contribution >= 0.6 is 11.3 Å². The fourth-order valence-corrected chi connectivity index (χ4v) is 1.74. The fourth-order valence-electron chi connectivity index (χ4n) is 0.827. The van der Waals surface area contributed by atoms with E-state index in [-0.39, 0.29) is 5.41 Å². The molecule has 1 unspecified atom stereocenters. The second-order valence-corrected chi connectivity index (χ2v) is 5.05. The lowest BCUT2D eigenvalue weighted by molar-refractivity contribution is 0.199. The first-order valence-corrected chi connectivity index (χ1v) is 4.87. The topological polar surface area (TPSA) is 33.1 Å². The van der Waals surface area contributed by atoms with Gasteiger partial charge in [-0.1, -0.05) is 20.8 Å². The minimum Gasteiger partial charge on any atom is -0.386 e. The Labute approximate surface area is 77.3 Å². The van der Waals surface area contributed by atoms with Crippen LogP contribution < -0.4 is 0 Å². The van der Waals surface area contributed by atoms with E-state index in [1.54, 1.807) is 18.3 Å². The van der Waals surface area contributed by atoms with Gasteiger partial charge in [0.2, 0.25) is 0 Å². The highest BCUT2D eigenvalue weighted by Gasteiger charge is 2.18. The van der Waals surface area contributed by atoms with E-state index in [0.717, 1.165) is 5.01 Å². The predicted octanol–water partition coefficient (Wildman–Crippen LogP) is 2.49. The summed E-state index contributed by atoms with van der Waals surface area (Å²) >= 11 is 1.59. The van der Waals surface area contributed by atoms with Gasteiger partial charge in [-0.25, -0.2) is 4.98 Å². The molecule has 0 spiro atoms. The number of hydrogen-bond donors (Lipinski definition) is 1. The third-order valence-electron chi connectivity index (χ3n) is 1.62. The Morgan fingerprint density at radius 3 is 2.33 bits per heavy atom. The van der Waals surface area contributed by atoms with Crippen LogP contribution in [0.2, 0.25) is 0 Å². The molecule has 0 aliphatic carbocycles. The van der Waals surface area contributed by atoms with Crippen LogP contribution in [0.3, 0.4) is 0 Å². The molecule has 1 aromatic heterocycles. The standard InChI is InChI=1S/C9H15NOS/c1-6(11)8-10-5-7(12-8)9(2,3)4/h5-6,11H,1-4H3. The minimum absolute atomic E-state index is 0.144. The first-order chi connectivity index (χ1) is 5.41. The van der Waals surface area contributed by atoms with Crippen LogP contribution in [-0.2, 0) is 5.41 Å². The van der Waals surface area contributed by atoms with Crippen molar-refractivity contribution in [3.63, 3.8) is 0 Å². The maximum atomic E-state index is 9.25. The van der Waals surface area contributed by atoms with E-state index in [0.29, 0.717) is 0 Å². The van der Waals surface area contributed by atoms with Crippen molar-refractivity contribution in [1.82, 2.24) is 4.98 Å². The molecule has 0 fully saturated rings. The van der Waals surface area contributed by atoms with E-state index in [1.807, 2.05) is 6.20 Å². The predicted molar refractivity (Wildman–Crippen MR) is 51.4 cm³/mol. The highest BCUT2D eigenvalue weighted by molar-refractivity contribution is 7.11. The first kappa shape index (κ1) is 9.68. The van der Waals surface area contributed by atoms with Crippen molar-refractivity contribution in [2.24, 2.45) is 0 Å². The van der Waals surface area contributed by atoms with Gasteiger partial charge in [-0.2, -0.15) is 0 Å². The Morgan fingerprint density at radius 2 is 2.08 bits per heavy atom. The van der Waals surface area contributed by atoms with Gasteiger partial charge in [0.1, 0.15) is 11.1 Å². The summed E-state index contributed by atoms with van der Waals surface area (Å²) in [5.41, 5.74) is 0.144. The zero-order chi connectivity index (χ0) is 9.35. The third-order valence-corrected chi connectivity index (χ3v) is 3.21. The quantitative estimate of drug-likeness (QED) is 0.729. The number of aromatic nitrogens is 1. The van der Waals surface area contributed by atoms with Gasteiger partial charge in [0.05, 0.1) is 0 Å². The normalized spacial score (nSPS) is 14.8. The number of nitrogens with zero attached hydrogens (tertiary/aromatic N) is 1. The van der Waals surface area contributed by atoms with Crippen LogP contribution in [0.4, 0.5) is 0 Å². The summed E-state index contributed by atoms with van der Waals surface area (Å²) in [7, 11) is 0. The molecule has 0 amide bonds. The van der Waals surface area contributed by atoms with Crippen LogP contribution in [0, 0.1) is 0 Å². The van der Waals surface area contributed by atoms with Crippen LogP contribution in [0.1, 0.15) is 43.7 Å². The zero-order valence-corrected chi connectivity index (χ0v) is 8.77. The monoisotopic (exact) mass is 185 g/mol. The van der Waals surface area contributed by atoms with Gasteiger partial charge in [-0.3, -0.25) is 0 Å². The van der Waals surface area contributed by atoms with Crippen molar-refractivity contribution in [3.05, 3.63) is 16.1 Å². The van der Waals surface area contributed by atoms with Crippen LogP contribution in [0.5, 0.6) is 0 Å². The third kappa shape index (κ3) is 2.05. The molecule has 1 heterocycles. The Kier molecular flexibility index (Phi) is 2.54. The van der Waals surface area contributed by atoms with Gasteiger partial charge in [0, 0.05) is 11.1 Å². The molecule has 0 saturated carbocycles. The second-order valence-electron chi connectivity index (χ2n) is 3.99. The summed E-state index contributed by atoms with van der Waals surface area (Å²) in [6.45, 7) is 8.18. The number of thiazole rings is 1. The van der Waals surface area contributed by atoms with Crippen molar-refractivity contribution in [2.45, 2.75) is 39.2 Å². The second kappa shape index (κ2) is 3.15. The lowest BCUT2D eigenvalue weighted by Gasteiger charge is -2.14. The van der Waals surface area contributed by atoms with Gasteiger partial charge in [-0.05, 0) is 12.3 Å². The molecular formula is C9H15NOS. The first-order valence-electron chi connectivity index (χ1n) is 4.05. The van der Waals surface area contributed by atoms with E-state index < -0.39 is 6.10 Å². The lowest BCUT2D eigenvalue weighted by atomic mass is 9.96. The summed E-state index contributed by atoms with van der Waals surface area (Å²) in [6, 6.07) is 0. The number of aliphatic hydroxyl groups excluding tert-OH is 1. The van der Waals surface area contributed by atoms with Crippen molar-refractivity contribution >= 4 is 11.3 Å². The molecule has 3 heteroatoms. The fraction of sp³-hybridized carbons (Fsp3) is 0.667. The van der Waals surface area contributed by atoms with Gasteiger partial charge in [0.15, 0.2) is 0 Å². The van der Waals surface area contributed by atoms with Crippen molar-refractivity contribution in [2.75, 3.05) is 0 Å². The van der Waals surface area contributed by atoms with Gasteiger partial charge in [0.25, 0.3) is 0 Å². The molecule has 68 valence electrons. The molecule has 1 N–H and O–H groups in total. The average Bonchev–Trinajstić information content (AvgIpc) is 2.30. The summed E-state index contributed by atoms with van der Waals surface area (Å²) in [6.07, 6.45) is 1.42. The molecule has 1 rings (SSSR count). The molecule has 0 aromatic carbocycles. The van der Waals surface area contributed by atoms with E-state index in [4.69, 9.17) is 0 Å². The summed E-state index contributed by atoms with van der Waals surface area (Å²) in [4.78, 5) is 5.37. The molecular weight excluding hydrogens is 170 g/mol. The molecule has 0 aliphatic rings. The van der Waals surface area contributed by atoms with Crippen molar-refractivity contribution in [1.29, 1.82) is 0 Å². The Balaban J connectivity index is 2.92. The molecule has 1 atom stereocenters.